The SMILES string of the molecule is COC(=O)c1cccc(Nc2ccc(NC(=O)c3ccc(Cl)cc3)cc2)c1. The van der Waals surface area contributed by atoms with Crippen LogP contribution in [0, 0.1) is 0 Å². The third-order valence-corrected chi connectivity index (χ3v) is 4.07. The fourth-order valence-electron chi connectivity index (χ4n) is 2.45. The Hall–Kier alpha value is -3.31. The highest BCUT2D eigenvalue weighted by Gasteiger charge is 2.07. The molecule has 3 aromatic carbocycles. The standard InChI is InChI=1S/C21H17ClN2O3/c1-27-21(26)15-3-2-4-19(13-15)23-17-9-11-18(12-10-17)24-20(25)14-5-7-16(22)8-6-14/h2-13,23H,1H3,(H,24,25). The summed E-state index contributed by atoms with van der Waals surface area (Å²) in [5.74, 6) is -0.600. The molecule has 1 amide bonds. The molecule has 0 spiro atoms. The summed E-state index contributed by atoms with van der Waals surface area (Å²) in [6, 6.07) is 21.0. The highest BCUT2D eigenvalue weighted by molar-refractivity contribution is 6.30. The van der Waals surface area contributed by atoms with E-state index in [1.165, 1.54) is 7.11 Å². The van der Waals surface area contributed by atoms with E-state index < -0.39 is 0 Å². The van der Waals surface area contributed by atoms with Crippen LogP contribution in [0.2, 0.25) is 5.02 Å². The molecule has 0 saturated carbocycles. The van der Waals surface area contributed by atoms with Crippen LogP contribution in [0.3, 0.4) is 0 Å². The first-order chi connectivity index (χ1) is 13.0. The molecule has 0 aliphatic heterocycles. The Morgan fingerprint density at radius 1 is 0.815 bits per heavy atom. The third kappa shape index (κ3) is 4.86. The maximum atomic E-state index is 12.2. The number of benzene rings is 3. The van der Waals surface area contributed by atoms with Crippen LogP contribution in [0.1, 0.15) is 20.7 Å². The fraction of sp³-hybridized carbons (Fsp3) is 0.0476. The number of nitrogens with one attached hydrogen (secondary N) is 2. The molecule has 0 atom stereocenters. The van der Waals surface area contributed by atoms with Gasteiger partial charge in [-0.25, -0.2) is 4.79 Å². The molecule has 27 heavy (non-hydrogen) atoms. The van der Waals surface area contributed by atoms with Crippen LogP contribution in [-0.4, -0.2) is 19.0 Å². The molecule has 136 valence electrons. The van der Waals surface area contributed by atoms with Crippen molar-refractivity contribution in [3.8, 4) is 0 Å². The summed E-state index contributed by atoms with van der Waals surface area (Å²) in [6.07, 6.45) is 0. The van der Waals surface area contributed by atoms with Crippen LogP contribution >= 0.6 is 11.6 Å². The van der Waals surface area contributed by atoms with Crippen LogP contribution in [0.5, 0.6) is 0 Å². The summed E-state index contributed by atoms with van der Waals surface area (Å²) in [7, 11) is 1.35. The van der Waals surface area contributed by atoms with Crippen molar-refractivity contribution in [2.45, 2.75) is 0 Å². The molecule has 0 fully saturated rings. The zero-order chi connectivity index (χ0) is 19.2. The van der Waals surface area contributed by atoms with Gasteiger partial charge >= 0.3 is 5.97 Å². The van der Waals surface area contributed by atoms with Crippen LogP contribution in [0.4, 0.5) is 17.1 Å². The maximum Gasteiger partial charge on any atom is 0.337 e. The summed E-state index contributed by atoms with van der Waals surface area (Å²) < 4.78 is 4.72. The number of amides is 1. The smallest absolute Gasteiger partial charge is 0.337 e. The van der Waals surface area contributed by atoms with E-state index in [4.69, 9.17) is 16.3 Å². The van der Waals surface area contributed by atoms with Gasteiger partial charge in [0, 0.05) is 27.6 Å². The van der Waals surface area contributed by atoms with Crippen molar-refractivity contribution < 1.29 is 14.3 Å². The Balaban J connectivity index is 1.66. The molecule has 0 aliphatic carbocycles. The van der Waals surface area contributed by atoms with Gasteiger partial charge in [0.2, 0.25) is 0 Å². The lowest BCUT2D eigenvalue weighted by molar-refractivity contribution is 0.0600. The minimum absolute atomic E-state index is 0.210. The summed E-state index contributed by atoms with van der Waals surface area (Å²) in [5.41, 5.74) is 3.25. The molecule has 0 unspecified atom stereocenters. The topological polar surface area (TPSA) is 67.4 Å². The molecule has 3 aromatic rings. The minimum atomic E-state index is -0.390. The quantitative estimate of drug-likeness (QED) is 0.602. The Kier molecular flexibility index (Phi) is 5.74. The maximum absolute atomic E-state index is 12.2. The van der Waals surface area contributed by atoms with Crippen molar-refractivity contribution in [2.24, 2.45) is 0 Å². The van der Waals surface area contributed by atoms with E-state index >= 15 is 0 Å². The van der Waals surface area contributed by atoms with Crippen LogP contribution in [0.15, 0.2) is 72.8 Å². The van der Waals surface area contributed by atoms with Gasteiger partial charge in [-0.05, 0) is 66.7 Å². The Morgan fingerprint density at radius 3 is 2.15 bits per heavy atom. The predicted molar refractivity (Wildman–Crippen MR) is 107 cm³/mol. The van der Waals surface area contributed by atoms with Gasteiger partial charge in [-0.2, -0.15) is 0 Å². The summed E-state index contributed by atoms with van der Waals surface area (Å²) in [4.78, 5) is 23.8. The zero-order valence-corrected chi connectivity index (χ0v) is 15.3. The van der Waals surface area contributed by atoms with E-state index in [1.807, 2.05) is 18.2 Å². The molecular formula is C21H17ClN2O3. The highest BCUT2D eigenvalue weighted by Crippen LogP contribution is 2.21. The van der Waals surface area contributed by atoms with E-state index in [1.54, 1.807) is 54.6 Å². The van der Waals surface area contributed by atoms with E-state index in [-0.39, 0.29) is 11.9 Å². The molecule has 0 aliphatic rings. The number of hydrogen-bond acceptors (Lipinski definition) is 4. The molecular weight excluding hydrogens is 364 g/mol. The lowest BCUT2D eigenvalue weighted by Gasteiger charge is -2.10. The van der Waals surface area contributed by atoms with Gasteiger partial charge in [-0.1, -0.05) is 17.7 Å². The van der Waals surface area contributed by atoms with Crippen molar-refractivity contribution in [3.05, 3.63) is 88.9 Å². The molecule has 0 heterocycles. The Bertz CT molecular complexity index is 954. The number of hydrogen-bond donors (Lipinski definition) is 2. The number of carbonyl (C=O) groups is 2. The number of methoxy groups -OCH3 is 1. The molecule has 3 rings (SSSR count). The number of rotatable bonds is 5. The average molecular weight is 381 g/mol. The van der Waals surface area contributed by atoms with Gasteiger partial charge in [0.15, 0.2) is 0 Å². The first-order valence-corrected chi connectivity index (χ1v) is 8.55. The Morgan fingerprint density at radius 2 is 1.48 bits per heavy atom. The van der Waals surface area contributed by atoms with Crippen molar-refractivity contribution in [2.75, 3.05) is 17.7 Å². The lowest BCUT2D eigenvalue weighted by atomic mass is 10.2. The molecule has 0 radical (unpaired) electrons. The summed E-state index contributed by atoms with van der Waals surface area (Å²) in [5, 5.41) is 6.62. The average Bonchev–Trinajstić information content (AvgIpc) is 2.69. The molecule has 0 aromatic heterocycles. The molecule has 5 nitrogen and oxygen atoms in total. The normalized spacial score (nSPS) is 10.1. The van der Waals surface area contributed by atoms with E-state index in [0.29, 0.717) is 21.8 Å². The summed E-state index contributed by atoms with van der Waals surface area (Å²) >= 11 is 5.83. The summed E-state index contributed by atoms with van der Waals surface area (Å²) in [6.45, 7) is 0. The highest BCUT2D eigenvalue weighted by atomic mass is 35.5. The van der Waals surface area contributed by atoms with Crippen LogP contribution < -0.4 is 10.6 Å². The van der Waals surface area contributed by atoms with Crippen molar-refractivity contribution in [1.82, 2.24) is 0 Å². The number of halogens is 1. The second kappa shape index (κ2) is 8.38. The first-order valence-electron chi connectivity index (χ1n) is 8.17. The van der Waals surface area contributed by atoms with Crippen LogP contribution in [0.25, 0.3) is 0 Å². The number of carbonyl (C=O) groups excluding carboxylic acids is 2. The van der Waals surface area contributed by atoms with Gasteiger partial charge < -0.3 is 15.4 Å². The van der Waals surface area contributed by atoms with Crippen molar-refractivity contribution in [3.63, 3.8) is 0 Å². The zero-order valence-electron chi connectivity index (χ0n) is 14.5. The number of ether oxygens (including phenoxy) is 1. The first kappa shape index (κ1) is 18.5. The lowest BCUT2D eigenvalue weighted by Crippen LogP contribution is -2.11. The number of esters is 1. The van der Waals surface area contributed by atoms with Crippen LogP contribution in [-0.2, 0) is 4.74 Å². The van der Waals surface area contributed by atoms with Gasteiger partial charge in [-0.3, -0.25) is 4.79 Å². The monoisotopic (exact) mass is 380 g/mol. The van der Waals surface area contributed by atoms with Gasteiger partial charge in [0.25, 0.3) is 5.91 Å². The van der Waals surface area contributed by atoms with Crippen molar-refractivity contribution in [1.29, 1.82) is 0 Å². The predicted octanol–water partition coefficient (Wildman–Crippen LogP) is 5.12. The second-order valence-electron chi connectivity index (χ2n) is 5.74. The number of anilines is 3. The second-order valence-corrected chi connectivity index (χ2v) is 6.17. The molecule has 0 saturated heterocycles. The van der Waals surface area contributed by atoms with Crippen molar-refractivity contribution >= 4 is 40.5 Å². The largest absolute Gasteiger partial charge is 0.465 e. The van der Waals surface area contributed by atoms with E-state index in [9.17, 15) is 9.59 Å². The van der Waals surface area contributed by atoms with E-state index in [2.05, 4.69) is 10.6 Å². The van der Waals surface area contributed by atoms with Gasteiger partial charge in [-0.15, -0.1) is 0 Å². The van der Waals surface area contributed by atoms with Gasteiger partial charge in [0.1, 0.15) is 0 Å². The third-order valence-electron chi connectivity index (χ3n) is 3.82. The molecule has 0 bridgehead atoms. The Labute approximate surface area is 161 Å². The minimum Gasteiger partial charge on any atom is -0.465 e. The fourth-order valence-corrected chi connectivity index (χ4v) is 2.58. The molecule has 6 heteroatoms. The van der Waals surface area contributed by atoms with E-state index in [0.717, 1.165) is 11.4 Å². The molecule has 2 N–H and O–H groups in total. The van der Waals surface area contributed by atoms with Gasteiger partial charge in [0.05, 0.1) is 12.7 Å².